The second kappa shape index (κ2) is 5.64. The van der Waals surface area contributed by atoms with Gasteiger partial charge in [0.25, 0.3) is 11.7 Å². The number of hydrogen-bond acceptors (Lipinski definition) is 6. The van der Waals surface area contributed by atoms with Gasteiger partial charge in [-0.3, -0.25) is 9.59 Å². The average molecular weight is 277 g/mol. The number of likely N-dealkylation sites (N-methyl/N-ethyl adjacent to an activating group) is 1. The summed E-state index contributed by atoms with van der Waals surface area (Å²) >= 11 is 0. The van der Waals surface area contributed by atoms with E-state index in [-0.39, 0.29) is 12.5 Å². The largest absolute Gasteiger partial charge is 0.468 e. The molecule has 0 fully saturated rings. The molecule has 0 N–H and O–H groups in total. The molecule has 2 aromatic heterocycles. The Balaban J connectivity index is 2.33. The molecule has 1 amide bonds. The fourth-order valence-electron chi connectivity index (χ4n) is 1.82. The molecule has 20 heavy (non-hydrogen) atoms. The number of carbonyl (C=O) groups is 2. The lowest BCUT2D eigenvalue weighted by molar-refractivity contribution is -0.141. The molecule has 0 atom stereocenters. The van der Waals surface area contributed by atoms with E-state index in [9.17, 15) is 9.59 Å². The van der Waals surface area contributed by atoms with E-state index in [1.807, 2.05) is 0 Å². The Kier molecular flexibility index (Phi) is 3.92. The van der Waals surface area contributed by atoms with Gasteiger partial charge in [-0.05, 0) is 13.8 Å². The van der Waals surface area contributed by atoms with Crippen molar-refractivity contribution >= 4 is 17.7 Å². The van der Waals surface area contributed by atoms with Crippen LogP contribution in [0.15, 0.2) is 12.5 Å². The fraction of sp³-hybridized carbons (Fsp3) is 0.417. The van der Waals surface area contributed by atoms with Gasteiger partial charge in [-0.1, -0.05) is 0 Å². The summed E-state index contributed by atoms with van der Waals surface area (Å²) < 4.78 is 6.07. The number of hydrogen-bond donors (Lipinski definition) is 0. The normalized spacial score (nSPS) is 10.6. The summed E-state index contributed by atoms with van der Waals surface area (Å²) in [6.45, 7) is 3.84. The zero-order valence-corrected chi connectivity index (χ0v) is 11.5. The van der Waals surface area contributed by atoms with E-state index in [1.165, 1.54) is 29.0 Å². The third kappa shape index (κ3) is 2.44. The van der Waals surface area contributed by atoms with Crippen LogP contribution in [0.25, 0.3) is 5.78 Å². The fourth-order valence-corrected chi connectivity index (χ4v) is 1.82. The molecule has 0 spiro atoms. The maximum atomic E-state index is 12.4. The summed E-state index contributed by atoms with van der Waals surface area (Å²) in [6, 6.07) is 0. The highest BCUT2D eigenvalue weighted by Crippen LogP contribution is 2.10. The SMILES string of the molecule is CCN(CC(=O)OC)C(=O)c1cnc2ncnn2c1C. The molecule has 2 aromatic rings. The lowest BCUT2D eigenvalue weighted by Gasteiger charge is -2.20. The topological polar surface area (TPSA) is 89.7 Å². The van der Waals surface area contributed by atoms with E-state index >= 15 is 0 Å². The Morgan fingerprint density at radius 2 is 2.15 bits per heavy atom. The number of carbonyl (C=O) groups excluding carboxylic acids is 2. The minimum absolute atomic E-state index is 0.0966. The first-order valence-corrected chi connectivity index (χ1v) is 6.10. The van der Waals surface area contributed by atoms with E-state index in [4.69, 9.17) is 0 Å². The predicted molar refractivity (Wildman–Crippen MR) is 69.1 cm³/mol. The summed E-state index contributed by atoms with van der Waals surface area (Å²) in [5.41, 5.74) is 1.01. The molecule has 0 aliphatic carbocycles. The highest BCUT2D eigenvalue weighted by Gasteiger charge is 2.21. The Labute approximate surface area is 115 Å². The van der Waals surface area contributed by atoms with Gasteiger partial charge in [0.1, 0.15) is 12.9 Å². The van der Waals surface area contributed by atoms with Crippen molar-refractivity contribution in [1.29, 1.82) is 0 Å². The van der Waals surface area contributed by atoms with Gasteiger partial charge in [0.05, 0.1) is 18.4 Å². The van der Waals surface area contributed by atoms with Crippen molar-refractivity contribution in [2.45, 2.75) is 13.8 Å². The number of methoxy groups -OCH3 is 1. The van der Waals surface area contributed by atoms with Crippen molar-refractivity contribution in [3.05, 3.63) is 23.8 Å². The number of fused-ring (bicyclic) bond motifs is 1. The maximum Gasteiger partial charge on any atom is 0.325 e. The van der Waals surface area contributed by atoms with Crippen LogP contribution in [0.2, 0.25) is 0 Å². The van der Waals surface area contributed by atoms with Gasteiger partial charge >= 0.3 is 5.97 Å². The molecule has 0 saturated heterocycles. The molecule has 0 unspecified atom stereocenters. The molecular formula is C12H15N5O3. The zero-order chi connectivity index (χ0) is 14.7. The van der Waals surface area contributed by atoms with E-state index in [2.05, 4.69) is 19.8 Å². The third-order valence-electron chi connectivity index (χ3n) is 2.99. The first-order valence-electron chi connectivity index (χ1n) is 6.10. The second-order valence-corrected chi connectivity index (χ2v) is 4.12. The van der Waals surface area contributed by atoms with Crippen LogP contribution >= 0.6 is 0 Å². The number of aryl methyl sites for hydroxylation is 1. The van der Waals surface area contributed by atoms with Gasteiger partial charge in [0, 0.05) is 12.7 Å². The number of amides is 1. The number of ether oxygens (including phenoxy) is 1. The first-order chi connectivity index (χ1) is 9.58. The summed E-state index contributed by atoms with van der Waals surface area (Å²) in [6.07, 6.45) is 2.82. The number of rotatable bonds is 4. The smallest absolute Gasteiger partial charge is 0.325 e. The number of nitrogens with zero attached hydrogens (tertiary/aromatic N) is 5. The molecule has 8 heteroatoms. The monoisotopic (exact) mass is 277 g/mol. The van der Waals surface area contributed by atoms with Gasteiger partial charge in [-0.25, -0.2) is 9.50 Å². The van der Waals surface area contributed by atoms with E-state index < -0.39 is 5.97 Å². The summed E-state index contributed by atoms with van der Waals surface area (Å²) in [7, 11) is 1.29. The van der Waals surface area contributed by atoms with Crippen molar-refractivity contribution in [1.82, 2.24) is 24.5 Å². The molecule has 2 heterocycles. The van der Waals surface area contributed by atoms with Gasteiger partial charge < -0.3 is 9.64 Å². The van der Waals surface area contributed by atoms with Crippen LogP contribution in [-0.4, -0.2) is 56.6 Å². The lowest BCUT2D eigenvalue weighted by Crippen LogP contribution is -2.36. The highest BCUT2D eigenvalue weighted by molar-refractivity contribution is 5.96. The summed E-state index contributed by atoms with van der Waals surface area (Å²) in [4.78, 5) is 33.1. The Morgan fingerprint density at radius 3 is 2.80 bits per heavy atom. The second-order valence-electron chi connectivity index (χ2n) is 4.12. The zero-order valence-electron chi connectivity index (χ0n) is 11.5. The number of esters is 1. The molecule has 2 rings (SSSR count). The minimum atomic E-state index is -0.465. The average Bonchev–Trinajstić information content (AvgIpc) is 2.93. The Hall–Kier alpha value is -2.51. The van der Waals surface area contributed by atoms with E-state index in [0.717, 1.165) is 0 Å². The molecule has 0 aliphatic rings. The molecular weight excluding hydrogens is 262 g/mol. The van der Waals surface area contributed by atoms with Crippen molar-refractivity contribution < 1.29 is 14.3 Å². The lowest BCUT2D eigenvalue weighted by atomic mass is 10.2. The summed E-state index contributed by atoms with van der Waals surface area (Å²) in [5.74, 6) is -0.331. The minimum Gasteiger partial charge on any atom is -0.468 e. The van der Waals surface area contributed by atoms with Crippen molar-refractivity contribution in [2.75, 3.05) is 20.2 Å². The number of aromatic nitrogens is 4. The molecule has 8 nitrogen and oxygen atoms in total. The van der Waals surface area contributed by atoms with Gasteiger partial charge in [0.15, 0.2) is 0 Å². The van der Waals surface area contributed by atoms with Crippen molar-refractivity contribution in [3.63, 3.8) is 0 Å². The van der Waals surface area contributed by atoms with Gasteiger partial charge in [-0.15, -0.1) is 0 Å². The van der Waals surface area contributed by atoms with E-state index in [0.29, 0.717) is 23.6 Å². The standard InChI is InChI=1S/C12H15N5O3/c1-4-16(6-10(18)20-3)11(19)9-5-13-12-14-7-15-17(12)8(9)2/h5,7H,4,6H2,1-3H3. The van der Waals surface area contributed by atoms with Crippen molar-refractivity contribution in [3.8, 4) is 0 Å². The third-order valence-corrected chi connectivity index (χ3v) is 2.99. The van der Waals surface area contributed by atoms with Crippen LogP contribution in [0.4, 0.5) is 0 Å². The van der Waals surface area contributed by atoms with Crippen LogP contribution in [0.3, 0.4) is 0 Å². The molecule has 106 valence electrons. The molecule has 0 aliphatic heterocycles. The quantitative estimate of drug-likeness (QED) is 0.734. The maximum absolute atomic E-state index is 12.4. The Bertz CT molecular complexity index is 652. The molecule has 0 radical (unpaired) electrons. The summed E-state index contributed by atoms with van der Waals surface area (Å²) in [5, 5.41) is 4.00. The molecule has 0 bridgehead atoms. The molecule has 0 saturated carbocycles. The molecule has 0 aromatic carbocycles. The van der Waals surface area contributed by atoms with Crippen LogP contribution in [0, 0.1) is 6.92 Å². The predicted octanol–water partition coefficient (Wildman–Crippen LogP) is 0.0678. The first kappa shape index (κ1) is 13.9. The Morgan fingerprint density at radius 1 is 1.40 bits per heavy atom. The van der Waals surface area contributed by atoms with Crippen LogP contribution in [0.1, 0.15) is 23.0 Å². The van der Waals surface area contributed by atoms with Gasteiger partial charge in [0.2, 0.25) is 0 Å². The van der Waals surface area contributed by atoms with Crippen LogP contribution in [0.5, 0.6) is 0 Å². The van der Waals surface area contributed by atoms with Gasteiger partial charge in [-0.2, -0.15) is 10.1 Å². The van der Waals surface area contributed by atoms with E-state index in [1.54, 1.807) is 13.8 Å². The van der Waals surface area contributed by atoms with Crippen LogP contribution < -0.4 is 0 Å². The van der Waals surface area contributed by atoms with Crippen molar-refractivity contribution in [2.24, 2.45) is 0 Å². The highest BCUT2D eigenvalue weighted by atomic mass is 16.5. The van der Waals surface area contributed by atoms with Crippen LogP contribution in [-0.2, 0) is 9.53 Å².